The van der Waals surface area contributed by atoms with Crippen LogP contribution in [0.5, 0.6) is 0 Å². The lowest BCUT2D eigenvalue weighted by Gasteiger charge is -2.38. The highest BCUT2D eigenvalue weighted by atomic mass is 16.2. The second-order valence-corrected chi connectivity index (χ2v) is 10.8. The van der Waals surface area contributed by atoms with Crippen LogP contribution in [0.2, 0.25) is 0 Å². The summed E-state index contributed by atoms with van der Waals surface area (Å²) in [6.45, 7) is 15.2. The number of carbonyl (C=O) groups excluding carboxylic acids is 3. The van der Waals surface area contributed by atoms with Crippen molar-refractivity contribution in [1.29, 1.82) is 0 Å². The van der Waals surface area contributed by atoms with E-state index in [-0.39, 0.29) is 29.1 Å². The van der Waals surface area contributed by atoms with Gasteiger partial charge in [0.25, 0.3) is 0 Å². The van der Waals surface area contributed by atoms with Crippen molar-refractivity contribution in [1.82, 2.24) is 9.80 Å². The third-order valence-electron chi connectivity index (χ3n) is 6.63. The normalized spacial score (nSPS) is 22.3. The maximum Gasteiger partial charge on any atom is 0.233 e. The van der Waals surface area contributed by atoms with E-state index in [1.165, 1.54) is 4.90 Å². The molecule has 0 bridgehead atoms. The van der Waals surface area contributed by atoms with Crippen molar-refractivity contribution in [2.75, 3.05) is 19.6 Å². The molecule has 5 heteroatoms. The zero-order valence-corrected chi connectivity index (χ0v) is 18.8. The number of hydrogen-bond acceptors (Lipinski definition) is 3. The monoisotopic (exact) mass is 392 g/mol. The molecule has 0 N–H and O–H groups in total. The topological polar surface area (TPSA) is 57.7 Å². The molecule has 0 spiro atoms. The molecule has 160 valence electrons. The van der Waals surface area contributed by atoms with Crippen LogP contribution in [0.1, 0.15) is 86.5 Å². The Morgan fingerprint density at radius 1 is 0.929 bits per heavy atom. The first-order chi connectivity index (χ1) is 12.9. The molecule has 1 unspecified atom stereocenters. The van der Waals surface area contributed by atoms with Crippen LogP contribution in [0.3, 0.4) is 0 Å². The molecule has 1 atom stereocenters. The van der Waals surface area contributed by atoms with Crippen molar-refractivity contribution < 1.29 is 14.4 Å². The van der Waals surface area contributed by atoms with Gasteiger partial charge in [-0.05, 0) is 42.4 Å². The minimum Gasteiger partial charge on any atom is -0.343 e. The summed E-state index contributed by atoms with van der Waals surface area (Å²) in [5.74, 6) is 0.702. The Hall–Kier alpha value is -1.39. The molecule has 2 fully saturated rings. The lowest BCUT2D eigenvalue weighted by molar-refractivity contribution is -0.140. The SMILES string of the molecule is CC(C)(C)C1CCN(C(=O)CCCCCN2C(=O)CC(C(C)(C)C)C2=O)CC1. The predicted molar refractivity (Wildman–Crippen MR) is 112 cm³/mol. The maximum absolute atomic E-state index is 12.5. The highest BCUT2D eigenvalue weighted by Gasteiger charge is 2.44. The molecule has 2 rings (SSSR count). The van der Waals surface area contributed by atoms with Gasteiger partial charge in [-0.15, -0.1) is 0 Å². The highest BCUT2D eigenvalue weighted by molar-refractivity contribution is 6.03. The van der Waals surface area contributed by atoms with E-state index in [0.717, 1.165) is 45.2 Å². The quantitative estimate of drug-likeness (QED) is 0.501. The number of piperidine rings is 1. The Morgan fingerprint density at radius 3 is 2.04 bits per heavy atom. The molecule has 0 aliphatic carbocycles. The van der Waals surface area contributed by atoms with Crippen LogP contribution >= 0.6 is 0 Å². The molecule has 0 saturated carbocycles. The second kappa shape index (κ2) is 8.96. The van der Waals surface area contributed by atoms with Crippen molar-refractivity contribution in [2.24, 2.45) is 22.7 Å². The van der Waals surface area contributed by atoms with Crippen molar-refractivity contribution in [2.45, 2.75) is 86.5 Å². The number of nitrogens with zero attached hydrogens (tertiary/aromatic N) is 2. The molecule has 2 aliphatic rings. The maximum atomic E-state index is 12.5. The van der Waals surface area contributed by atoms with Gasteiger partial charge in [0.05, 0.1) is 5.92 Å². The molecule has 2 saturated heterocycles. The third kappa shape index (κ3) is 5.81. The summed E-state index contributed by atoms with van der Waals surface area (Å²) >= 11 is 0. The number of amides is 3. The molecule has 0 aromatic heterocycles. The average Bonchev–Trinajstić information content (AvgIpc) is 2.88. The van der Waals surface area contributed by atoms with E-state index in [1.54, 1.807) is 0 Å². The summed E-state index contributed by atoms with van der Waals surface area (Å²) in [6, 6.07) is 0. The lowest BCUT2D eigenvalue weighted by atomic mass is 9.75. The fourth-order valence-electron chi connectivity index (χ4n) is 4.47. The van der Waals surface area contributed by atoms with E-state index >= 15 is 0 Å². The van der Waals surface area contributed by atoms with Crippen LogP contribution < -0.4 is 0 Å². The van der Waals surface area contributed by atoms with Crippen LogP contribution in [-0.2, 0) is 14.4 Å². The Bertz CT molecular complexity index is 578. The van der Waals surface area contributed by atoms with Gasteiger partial charge in [-0.2, -0.15) is 0 Å². The minimum absolute atomic E-state index is 0.0182. The molecule has 5 nitrogen and oxygen atoms in total. The van der Waals surface area contributed by atoms with Gasteiger partial charge in [0.15, 0.2) is 0 Å². The van der Waals surface area contributed by atoms with Crippen molar-refractivity contribution >= 4 is 17.7 Å². The van der Waals surface area contributed by atoms with Crippen LogP contribution in [0.4, 0.5) is 0 Å². The van der Waals surface area contributed by atoms with Crippen LogP contribution in [0.15, 0.2) is 0 Å². The molecular formula is C23H40N2O3. The molecule has 0 aromatic rings. The second-order valence-electron chi connectivity index (χ2n) is 10.8. The van der Waals surface area contributed by atoms with Gasteiger partial charge in [-0.3, -0.25) is 19.3 Å². The zero-order valence-electron chi connectivity index (χ0n) is 18.8. The Labute approximate surface area is 171 Å². The van der Waals surface area contributed by atoms with Crippen molar-refractivity contribution in [3.63, 3.8) is 0 Å². The van der Waals surface area contributed by atoms with Crippen LogP contribution in [0.25, 0.3) is 0 Å². The summed E-state index contributed by atoms with van der Waals surface area (Å²) in [5.41, 5.74) is 0.153. The van der Waals surface area contributed by atoms with Gasteiger partial charge in [-0.1, -0.05) is 48.0 Å². The van der Waals surface area contributed by atoms with Gasteiger partial charge in [-0.25, -0.2) is 0 Å². The highest BCUT2D eigenvalue weighted by Crippen LogP contribution is 2.36. The van der Waals surface area contributed by atoms with Gasteiger partial charge >= 0.3 is 0 Å². The minimum atomic E-state index is -0.197. The number of rotatable bonds is 6. The molecular weight excluding hydrogens is 352 g/mol. The number of imide groups is 1. The average molecular weight is 393 g/mol. The fraction of sp³-hybridized carbons (Fsp3) is 0.870. The summed E-state index contributed by atoms with van der Waals surface area (Å²) in [4.78, 5) is 40.5. The standard InChI is InChI=1S/C23H40N2O3/c1-22(2,3)17-11-14-24(15-12-17)19(26)10-8-7-9-13-25-20(27)16-18(21(25)28)23(4,5)6/h17-18H,7-16H2,1-6H3. The number of hydrogen-bond donors (Lipinski definition) is 0. The number of likely N-dealkylation sites (tertiary alicyclic amines) is 2. The van der Waals surface area contributed by atoms with Gasteiger partial charge < -0.3 is 4.90 Å². The summed E-state index contributed by atoms with van der Waals surface area (Å²) in [6.07, 6.45) is 5.61. The van der Waals surface area contributed by atoms with Crippen LogP contribution in [-0.4, -0.2) is 47.2 Å². The number of unbranched alkanes of at least 4 members (excludes halogenated alkanes) is 2. The van der Waals surface area contributed by atoms with Gasteiger partial charge in [0.1, 0.15) is 0 Å². The van der Waals surface area contributed by atoms with E-state index in [4.69, 9.17) is 0 Å². The molecule has 2 heterocycles. The van der Waals surface area contributed by atoms with E-state index < -0.39 is 0 Å². The predicted octanol–water partition coefficient (Wildman–Crippen LogP) is 4.25. The Kier molecular flexibility index (Phi) is 7.33. The Balaban J connectivity index is 1.65. The Morgan fingerprint density at radius 2 is 1.54 bits per heavy atom. The number of carbonyl (C=O) groups is 3. The lowest BCUT2D eigenvalue weighted by Crippen LogP contribution is -2.41. The third-order valence-corrected chi connectivity index (χ3v) is 6.63. The fourth-order valence-corrected chi connectivity index (χ4v) is 4.47. The van der Waals surface area contributed by atoms with E-state index in [0.29, 0.717) is 30.7 Å². The molecule has 28 heavy (non-hydrogen) atoms. The molecule has 2 aliphatic heterocycles. The molecule has 0 aromatic carbocycles. The first-order valence-corrected chi connectivity index (χ1v) is 11.0. The molecule has 0 radical (unpaired) electrons. The van der Waals surface area contributed by atoms with Crippen molar-refractivity contribution in [3.8, 4) is 0 Å². The van der Waals surface area contributed by atoms with Gasteiger partial charge in [0, 0.05) is 32.5 Å². The first kappa shape index (κ1) is 22.9. The smallest absolute Gasteiger partial charge is 0.233 e. The summed E-state index contributed by atoms with van der Waals surface area (Å²) in [5, 5.41) is 0. The van der Waals surface area contributed by atoms with E-state index in [2.05, 4.69) is 20.8 Å². The summed E-state index contributed by atoms with van der Waals surface area (Å²) < 4.78 is 0. The first-order valence-electron chi connectivity index (χ1n) is 11.0. The van der Waals surface area contributed by atoms with Crippen molar-refractivity contribution in [3.05, 3.63) is 0 Å². The summed E-state index contributed by atoms with van der Waals surface area (Å²) in [7, 11) is 0. The molecule has 3 amide bonds. The van der Waals surface area contributed by atoms with E-state index in [1.807, 2.05) is 25.7 Å². The zero-order chi connectivity index (χ0) is 21.1. The van der Waals surface area contributed by atoms with Crippen LogP contribution in [0, 0.1) is 22.7 Å². The largest absolute Gasteiger partial charge is 0.343 e. The van der Waals surface area contributed by atoms with E-state index in [9.17, 15) is 14.4 Å². The van der Waals surface area contributed by atoms with Gasteiger partial charge in [0.2, 0.25) is 17.7 Å².